The largest absolute Gasteiger partial charge is 0.465 e. The molecule has 0 aromatic carbocycles. The summed E-state index contributed by atoms with van der Waals surface area (Å²) in [5.41, 5.74) is 0.694. The fraction of sp³-hybridized carbons (Fsp3) is 0.455. The molecule has 100 valence electrons. The van der Waals surface area contributed by atoms with Gasteiger partial charge in [-0.1, -0.05) is 15.8 Å². The van der Waals surface area contributed by atoms with Crippen LogP contribution in [-0.4, -0.2) is 44.6 Å². The van der Waals surface area contributed by atoms with Gasteiger partial charge in [-0.15, -0.1) is 5.10 Å². The second-order valence-electron chi connectivity index (χ2n) is 4.27. The summed E-state index contributed by atoms with van der Waals surface area (Å²) < 4.78 is 9.53. The Bertz CT molecular complexity index is 569. The second-order valence-corrected chi connectivity index (χ2v) is 5.88. The maximum Gasteiger partial charge on any atom is 0.273 e. The molecule has 3 heterocycles. The number of nitrogens with zero attached hydrogens (tertiary/aromatic N) is 4. The Kier molecular flexibility index (Phi) is 3.43. The molecule has 1 amide bonds. The van der Waals surface area contributed by atoms with Crippen LogP contribution < -0.4 is 4.74 Å². The van der Waals surface area contributed by atoms with E-state index in [0.717, 1.165) is 18.0 Å². The quantitative estimate of drug-likeness (QED) is 0.860. The zero-order valence-electron chi connectivity index (χ0n) is 10.3. The summed E-state index contributed by atoms with van der Waals surface area (Å²) in [6.07, 6.45) is 2.57. The van der Waals surface area contributed by atoms with Gasteiger partial charge in [-0.05, 0) is 18.5 Å². The van der Waals surface area contributed by atoms with Gasteiger partial charge < -0.3 is 9.64 Å². The molecule has 19 heavy (non-hydrogen) atoms. The predicted octanol–water partition coefficient (Wildman–Crippen LogP) is 1.60. The van der Waals surface area contributed by atoms with Crippen molar-refractivity contribution in [1.29, 1.82) is 0 Å². The molecule has 1 atom stereocenters. The van der Waals surface area contributed by atoms with Crippen LogP contribution in [0.2, 0.25) is 0 Å². The smallest absolute Gasteiger partial charge is 0.273 e. The SMILES string of the molecule is Cc1nnsc1C(=O)N1CCC(Oc2nccs2)C1. The standard InChI is InChI=1S/C11H12N4O2S2/c1-7-9(19-14-13-7)10(16)15-4-2-8(6-15)17-11-12-3-5-18-11/h3,5,8H,2,4,6H2,1H3. The monoisotopic (exact) mass is 296 g/mol. The van der Waals surface area contributed by atoms with Crippen LogP contribution in [0.4, 0.5) is 0 Å². The maximum absolute atomic E-state index is 12.3. The Morgan fingerprint density at radius 2 is 2.47 bits per heavy atom. The lowest BCUT2D eigenvalue weighted by atomic mass is 10.3. The first-order valence-electron chi connectivity index (χ1n) is 5.88. The van der Waals surface area contributed by atoms with Gasteiger partial charge in [-0.25, -0.2) is 4.98 Å². The molecule has 6 nitrogen and oxygen atoms in total. The van der Waals surface area contributed by atoms with E-state index >= 15 is 0 Å². The van der Waals surface area contributed by atoms with Gasteiger partial charge in [-0.3, -0.25) is 4.79 Å². The first-order valence-corrected chi connectivity index (χ1v) is 7.53. The van der Waals surface area contributed by atoms with Crippen molar-refractivity contribution in [3.8, 4) is 5.19 Å². The van der Waals surface area contributed by atoms with Crippen molar-refractivity contribution in [2.24, 2.45) is 0 Å². The summed E-state index contributed by atoms with van der Waals surface area (Å²) in [5, 5.41) is 6.41. The van der Waals surface area contributed by atoms with Gasteiger partial charge in [0.15, 0.2) is 0 Å². The molecule has 1 aliphatic rings. The zero-order valence-corrected chi connectivity index (χ0v) is 11.9. The van der Waals surface area contributed by atoms with E-state index in [1.807, 2.05) is 5.38 Å². The second kappa shape index (κ2) is 5.22. The predicted molar refractivity (Wildman–Crippen MR) is 71.7 cm³/mol. The molecule has 1 unspecified atom stereocenters. The molecular formula is C11H12N4O2S2. The highest BCUT2D eigenvalue weighted by molar-refractivity contribution is 7.11. The minimum atomic E-state index is -0.00209. The highest BCUT2D eigenvalue weighted by Gasteiger charge is 2.30. The van der Waals surface area contributed by atoms with Crippen molar-refractivity contribution < 1.29 is 9.53 Å². The van der Waals surface area contributed by atoms with Crippen LogP contribution in [0.5, 0.6) is 5.19 Å². The highest BCUT2D eigenvalue weighted by Crippen LogP contribution is 2.22. The van der Waals surface area contributed by atoms with Gasteiger partial charge in [0.1, 0.15) is 11.0 Å². The number of aryl methyl sites for hydroxylation is 1. The molecule has 0 saturated carbocycles. The summed E-state index contributed by atoms with van der Waals surface area (Å²) >= 11 is 2.61. The summed E-state index contributed by atoms with van der Waals surface area (Å²) in [6.45, 7) is 3.10. The fourth-order valence-corrected chi connectivity index (χ4v) is 3.17. The number of hydrogen-bond donors (Lipinski definition) is 0. The number of amides is 1. The Balaban J connectivity index is 1.63. The van der Waals surface area contributed by atoms with E-state index in [0.29, 0.717) is 28.9 Å². The normalized spacial score (nSPS) is 18.8. The minimum Gasteiger partial charge on any atom is -0.465 e. The average Bonchev–Trinajstić information content (AvgIpc) is 3.10. The number of carbonyl (C=O) groups excluding carboxylic acids is 1. The van der Waals surface area contributed by atoms with E-state index in [4.69, 9.17) is 4.74 Å². The lowest BCUT2D eigenvalue weighted by Gasteiger charge is -2.15. The number of likely N-dealkylation sites (tertiary alicyclic amines) is 1. The summed E-state index contributed by atoms with van der Waals surface area (Å²) in [5.74, 6) is -0.00209. The molecule has 1 fully saturated rings. The third-order valence-electron chi connectivity index (χ3n) is 2.96. The third kappa shape index (κ3) is 2.59. The molecule has 0 bridgehead atoms. The van der Waals surface area contributed by atoms with Crippen molar-refractivity contribution >= 4 is 28.8 Å². The van der Waals surface area contributed by atoms with Gasteiger partial charge in [-0.2, -0.15) is 0 Å². The molecule has 0 N–H and O–H groups in total. The van der Waals surface area contributed by atoms with Crippen LogP contribution in [0.3, 0.4) is 0 Å². The Morgan fingerprint density at radius 1 is 1.58 bits per heavy atom. The molecule has 3 rings (SSSR count). The molecule has 1 saturated heterocycles. The van der Waals surface area contributed by atoms with Gasteiger partial charge in [0, 0.05) is 24.5 Å². The molecule has 0 spiro atoms. The van der Waals surface area contributed by atoms with E-state index in [1.54, 1.807) is 18.0 Å². The molecule has 2 aromatic rings. The average molecular weight is 296 g/mol. The van der Waals surface area contributed by atoms with E-state index < -0.39 is 0 Å². The summed E-state index contributed by atoms with van der Waals surface area (Å²) in [6, 6.07) is 0. The molecule has 8 heteroatoms. The van der Waals surface area contributed by atoms with Crippen LogP contribution in [0, 0.1) is 6.92 Å². The number of carbonyl (C=O) groups is 1. The van der Waals surface area contributed by atoms with Crippen molar-refractivity contribution in [3.63, 3.8) is 0 Å². The molecular weight excluding hydrogens is 284 g/mol. The van der Waals surface area contributed by atoms with E-state index in [1.165, 1.54) is 11.3 Å². The van der Waals surface area contributed by atoms with Crippen LogP contribution in [0.25, 0.3) is 0 Å². The first-order chi connectivity index (χ1) is 9.24. The van der Waals surface area contributed by atoms with Crippen molar-refractivity contribution in [2.45, 2.75) is 19.4 Å². The topological polar surface area (TPSA) is 68.2 Å². The van der Waals surface area contributed by atoms with Crippen LogP contribution in [0.1, 0.15) is 21.8 Å². The Morgan fingerprint density at radius 3 is 3.16 bits per heavy atom. The first kappa shape index (κ1) is 12.5. The minimum absolute atomic E-state index is 0.00209. The Hall–Kier alpha value is -1.54. The molecule has 2 aromatic heterocycles. The van der Waals surface area contributed by atoms with Gasteiger partial charge in [0.2, 0.25) is 0 Å². The molecule has 1 aliphatic heterocycles. The van der Waals surface area contributed by atoms with Gasteiger partial charge >= 0.3 is 0 Å². The van der Waals surface area contributed by atoms with E-state index in [9.17, 15) is 4.79 Å². The zero-order chi connectivity index (χ0) is 13.2. The molecule has 0 radical (unpaired) electrons. The maximum atomic E-state index is 12.3. The van der Waals surface area contributed by atoms with Crippen molar-refractivity contribution in [3.05, 3.63) is 22.1 Å². The lowest BCUT2D eigenvalue weighted by molar-refractivity contribution is 0.0776. The third-order valence-corrected chi connectivity index (χ3v) is 4.43. The summed E-state index contributed by atoms with van der Waals surface area (Å²) in [7, 11) is 0. The lowest BCUT2D eigenvalue weighted by Crippen LogP contribution is -2.30. The summed E-state index contributed by atoms with van der Waals surface area (Å²) in [4.78, 5) is 18.8. The van der Waals surface area contributed by atoms with Gasteiger partial charge in [0.25, 0.3) is 11.1 Å². The Labute approximate surface area is 118 Å². The van der Waals surface area contributed by atoms with Crippen LogP contribution >= 0.6 is 22.9 Å². The van der Waals surface area contributed by atoms with E-state index in [-0.39, 0.29) is 12.0 Å². The van der Waals surface area contributed by atoms with Crippen molar-refractivity contribution in [1.82, 2.24) is 19.5 Å². The molecule has 0 aliphatic carbocycles. The number of aromatic nitrogens is 3. The van der Waals surface area contributed by atoms with Crippen LogP contribution in [-0.2, 0) is 0 Å². The highest BCUT2D eigenvalue weighted by atomic mass is 32.1. The number of ether oxygens (including phenoxy) is 1. The van der Waals surface area contributed by atoms with E-state index in [2.05, 4.69) is 14.6 Å². The van der Waals surface area contributed by atoms with Crippen LogP contribution in [0.15, 0.2) is 11.6 Å². The number of thiazole rings is 1. The number of rotatable bonds is 3. The van der Waals surface area contributed by atoms with Gasteiger partial charge in [0.05, 0.1) is 12.2 Å². The number of hydrogen-bond acceptors (Lipinski definition) is 7. The van der Waals surface area contributed by atoms with Crippen molar-refractivity contribution in [2.75, 3.05) is 13.1 Å². The fourth-order valence-electron chi connectivity index (χ4n) is 1.99.